The summed E-state index contributed by atoms with van der Waals surface area (Å²) in [7, 11) is 0. The van der Waals surface area contributed by atoms with E-state index in [0.29, 0.717) is 31.4 Å². The van der Waals surface area contributed by atoms with Crippen molar-refractivity contribution < 1.29 is 4.74 Å². The van der Waals surface area contributed by atoms with Crippen molar-refractivity contribution in [1.29, 1.82) is 0 Å². The molecule has 2 aromatic rings. The molecule has 20 heavy (non-hydrogen) atoms. The molecule has 0 aliphatic rings. The number of rotatable bonds is 4. The Morgan fingerprint density at radius 2 is 1.60 bits per heavy atom. The molecule has 0 fully saturated rings. The molecule has 0 heterocycles. The van der Waals surface area contributed by atoms with Crippen LogP contribution < -0.4 is 10.5 Å². The van der Waals surface area contributed by atoms with Crippen LogP contribution in [-0.2, 0) is 13.2 Å². The van der Waals surface area contributed by atoms with Gasteiger partial charge in [0.25, 0.3) is 0 Å². The van der Waals surface area contributed by atoms with Gasteiger partial charge in [-0.05, 0) is 24.3 Å². The third-order valence-corrected chi connectivity index (χ3v) is 3.93. The quantitative estimate of drug-likeness (QED) is 0.807. The Labute approximate surface area is 137 Å². The number of hydrogen-bond acceptors (Lipinski definition) is 2. The van der Waals surface area contributed by atoms with Crippen LogP contribution in [0.4, 0.5) is 0 Å². The van der Waals surface area contributed by atoms with E-state index in [2.05, 4.69) is 0 Å². The van der Waals surface area contributed by atoms with Gasteiger partial charge in [-0.15, -0.1) is 0 Å². The van der Waals surface area contributed by atoms with Crippen LogP contribution in [0.1, 0.15) is 11.1 Å². The Bertz CT molecular complexity index is 611. The maximum absolute atomic E-state index is 6.13. The van der Waals surface area contributed by atoms with Gasteiger partial charge in [-0.1, -0.05) is 52.5 Å². The predicted molar refractivity (Wildman–Crippen MR) is 85.1 cm³/mol. The van der Waals surface area contributed by atoms with Crippen LogP contribution >= 0.6 is 46.4 Å². The van der Waals surface area contributed by atoms with E-state index in [4.69, 9.17) is 56.9 Å². The molecule has 0 saturated carbocycles. The largest absolute Gasteiger partial charge is 0.487 e. The molecule has 2 nitrogen and oxygen atoms in total. The summed E-state index contributed by atoms with van der Waals surface area (Å²) in [4.78, 5) is 0. The molecule has 2 N–H and O–H groups in total. The second kappa shape index (κ2) is 6.88. The fourth-order valence-electron chi connectivity index (χ4n) is 1.74. The maximum atomic E-state index is 6.13. The molecule has 106 valence electrons. The van der Waals surface area contributed by atoms with E-state index in [1.54, 1.807) is 30.3 Å². The van der Waals surface area contributed by atoms with Gasteiger partial charge in [0.2, 0.25) is 0 Å². The summed E-state index contributed by atoms with van der Waals surface area (Å²) >= 11 is 24.2. The average Bonchev–Trinajstić information content (AvgIpc) is 2.39. The lowest BCUT2D eigenvalue weighted by Crippen LogP contribution is -2.04. The lowest BCUT2D eigenvalue weighted by molar-refractivity contribution is 0.303. The summed E-state index contributed by atoms with van der Waals surface area (Å²) in [5, 5.41) is 1.99. The Morgan fingerprint density at radius 1 is 0.950 bits per heavy atom. The van der Waals surface area contributed by atoms with Crippen LogP contribution in [0.15, 0.2) is 30.3 Å². The lowest BCUT2D eigenvalue weighted by Gasteiger charge is -2.14. The minimum Gasteiger partial charge on any atom is -0.487 e. The molecule has 0 unspecified atom stereocenters. The summed E-state index contributed by atoms with van der Waals surface area (Å²) in [6, 6.07) is 8.59. The van der Waals surface area contributed by atoms with Crippen molar-refractivity contribution in [3.05, 3.63) is 61.5 Å². The zero-order valence-electron chi connectivity index (χ0n) is 10.3. The fourth-order valence-corrected chi connectivity index (χ4v) is 2.84. The highest BCUT2D eigenvalue weighted by Gasteiger charge is 2.12. The van der Waals surface area contributed by atoms with Crippen molar-refractivity contribution in [3.8, 4) is 5.75 Å². The zero-order chi connectivity index (χ0) is 14.7. The highest BCUT2D eigenvalue weighted by atomic mass is 35.5. The second-order valence-electron chi connectivity index (χ2n) is 4.07. The van der Waals surface area contributed by atoms with E-state index >= 15 is 0 Å². The summed E-state index contributed by atoms with van der Waals surface area (Å²) in [5.74, 6) is 0.495. The van der Waals surface area contributed by atoms with Crippen LogP contribution in [0.2, 0.25) is 20.1 Å². The highest BCUT2D eigenvalue weighted by molar-refractivity contribution is 6.36. The van der Waals surface area contributed by atoms with Gasteiger partial charge in [-0.25, -0.2) is 0 Å². The first-order chi connectivity index (χ1) is 9.52. The predicted octanol–water partition coefficient (Wildman–Crippen LogP) is 5.34. The van der Waals surface area contributed by atoms with E-state index in [1.807, 2.05) is 0 Å². The van der Waals surface area contributed by atoms with Gasteiger partial charge in [0.05, 0.1) is 5.02 Å². The fraction of sp³-hybridized carbons (Fsp3) is 0.143. The molecule has 0 atom stereocenters. The third kappa shape index (κ3) is 3.51. The van der Waals surface area contributed by atoms with E-state index in [1.165, 1.54) is 0 Å². The number of hydrogen-bond donors (Lipinski definition) is 1. The molecule has 0 radical (unpaired) electrons. The summed E-state index contributed by atoms with van der Waals surface area (Å²) < 4.78 is 5.72. The molecule has 0 bridgehead atoms. The smallest absolute Gasteiger partial charge is 0.142 e. The first-order valence-corrected chi connectivity index (χ1v) is 7.27. The first kappa shape index (κ1) is 15.7. The molecule has 0 aliphatic heterocycles. The molecule has 0 aromatic heterocycles. The SMILES string of the molecule is NCc1cc(Cl)cc(Cl)c1OCc1c(Cl)cccc1Cl. The molecule has 2 rings (SSSR count). The van der Waals surface area contributed by atoms with Gasteiger partial charge in [0.1, 0.15) is 12.4 Å². The van der Waals surface area contributed by atoms with Crippen molar-refractivity contribution in [1.82, 2.24) is 0 Å². The Balaban J connectivity index is 2.27. The lowest BCUT2D eigenvalue weighted by atomic mass is 10.2. The number of halogens is 4. The normalized spacial score (nSPS) is 10.7. The van der Waals surface area contributed by atoms with E-state index in [9.17, 15) is 0 Å². The molecule has 0 aliphatic carbocycles. The van der Waals surface area contributed by atoms with Crippen LogP contribution in [0.5, 0.6) is 5.75 Å². The van der Waals surface area contributed by atoms with Gasteiger partial charge in [0.15, 0.2) is 0 Å². The van der Waals surface area contributed by atoms with E-state index in [0.717, 1.165) is 5.56 Å². The summed E-state index contributed by atoms with van der Waals surface area (Å²) in [6.45, 7) is 0.471. The highest BCUT2D eigenvalue weighted by Crippen LogP contribution is 2.34. The number of ether oxygens (including phenoxy) is 1. The van der Waals surface area contributed by atoms with Crippen LogP contribution in [-0.4, -0.2) is 0 Å². The van der Waals surface area contributed by atoms with Gasteiger partial charge in [-0.2, -0.15) is 0 Å². The van der Waals surface area contributed by atoms with Gasteiger partial charge >= 0.3 is 0 Å². The second-order valence-corrected chi connectivity index (χ2v) is 5.73. The zero-order valence-corrected chi connectivity index (χ0v) is 13.3. The molecular formula is C14H11Cl4NO. The monoisotopic (exact) mass is 349 g/mol. The molecular weight excluding hydrogens is 340 g/mol. The number of nitrogens with two attached hydrogens (primary N) is 1. The standard InChI is InChI=1S/C14H11Cl4NO/c15-9-4-8(6-19)14(13(18)5-9)20-7-10-11(16)2-1-3-12(10)17/h1-5H,6-7,19H2. The molecule has 6 heteroatoms. The van der Waals surface area contributed by atoms with Crippen molar-refractivity contribution in [2.75, 3.05) is 0 Å². The number of benzene rings is 2. The average molecular weight is 351 g/mol. The van der Waals surface area contributed by atoms with Crippen molar-refractivity contribution in [2.24, 2.45) is 5.73 Å². The third-order valence-electron chi connectivity index (χ3n) is 2.73. The Morgan fingerprint density at radius 3 is 2.20 bits per heavy atom. The van der Waals surface area contributed by atoms with Crippen molar-refractivity contribution in [3.63, 3.8) is 0 Å². The minimum atomic E-state index is 0.201. The molecule has 0 amide bonds. The Kier molecular flexibility index (Phi) is 5.42. The van der Waals surface area contributed by atoms with E-state index < -0.39 is 0 Å². The van der Waals surface area contributed by atoms with E-state index in [-0.39, 0.29) is 13.2 Å². The summed E-state index contributed by atoms with van der Waals surface area (Å²) in [5.41, 5.74) is 7.09. The van der Waals surface area contributed by atoms with Crippen molar-refractivity contribution >= 4 is 46.4 Å². The van der Waals surface area contributed by atoms with Gasteiger partial charge < -0.3 is 10.5 Å². The Hall–Kier alpha value is -0.640. The molecule has 0 spiro atoms. The van der Waals surface area contributed by atoms with Gasteiger partial charge in [0, 0.05) is 32.7 Å². The van der Waals surface area contributed by atoms with Crippen molar-refractivity contribution in [2.45, 2.75) is 13.2 Å². The van der Waals surface area contributed by atoms with Crippen LogP contribution in [0.25, 0.3) is 0 Å². The van der Waals surface area contributed by atoms with Crippen LogP contribution in [0, 0.1) is 0 Å². The molecule has 0 saturated heterocycles. The maximum Gasteiger partial charge on any atom is 0.142 e. The molecule has 2 aromatic carbocycles. The summed E-state index contributed by atoms with van der Waals surface area (Å²) in [6.07, 6.45) is 0. The van der Waals surface area contributed by atoms with Gasteiger partial charge in [-0.3, -0.25) is 0 Å². The minimum absolute atomic E-state index is 0.201. The van der Waals surface area contributed by atoms with Crippen LogP contribution in [0.3, 0.4) is 0 Å². The topological polar surface area (TPSA) is 35.2 Å². The first-order valence-electron chi connectivity index (χ1n) is 5.76.